The van der Waals surface area contributed by atoms with E-state index < -0.39 is 0 Å². The molecule has 0 aliphatic heterocycles. The van der Waals surface area contributed by atoms with Crippen LogP contribution in [-0.2, 0) is 9.53 Å². The van der Waals surface area contributed by atoms with Gasteiger partial charge in [0.25, 0.3) is 0 Å². The quantitative estimate of drug-likeness (QED) is 0.605. The standard InChI is InChI=1S/C13H24O2/c1-2-3-10-15-11-9-13(14)12-7-5-4-6-8-12/h12H,2-11H2,1H3. The monoisotopic (exact) mass is 212 g/mol. The third kappa shape index (κ3) is 5.31. The lowest BCUT2D eigenvalue weighted by molar-refractivity contribution is -0.124. The number of unbranched alkanes of at least 4 members (excludes halogenated alkanes) is 1. The lowest BCUT2D eigenvalue weighted by atomic mass is 9.85. The summed E-state index contributed by atoms with van der Waals surface area (Å²) in [6.45, 7) is 3.60. The molecule has 0 amide bonds. The summed E-state index contributed by atoms with van der Waals surface area (Å²) >= 11 is 0. The van der Waals surface area contributed by atoms with Crippen LogP contribution in [0.5, 0.6) is 0 Å². The molecule has 2 heteroatoms. The Bertz CT molecular complexity index is 171. The van der Waals surface area contributed by atoms with E-state index in [9.17, 15) is 4.79 Å². The van der Waals surface area contributed by atoms with Crippen LogP contribution >= 0.6 is 0 Å². The SMILES string of the molecule is CCCCOCCC(=O)C1CCCCC1. The Kier molecular flexibility index (Phi) is 6.66. The minimum absolute atomic E-state index is 0.355. The molecular weight excluding hydrogens is 188 g/mol. The Morgan fingerprint density at radius 2 is 1.93 bits per heavy atom. The molecule has 1 rings (SSSR count). The maximum absolute atomic E-state index is 11.8. The van der Waals surface area contributed by atoms with Crippen LogP contribution in [0, 0.1) is 5.92 Å². The fourth-order valence-electron chi connectivity index (χ4n) is 2.15. The van der Waals surface area contributed by atoms with E-state index in [0.717, 1.165) is 32.3 Å². The highest BCUT2D eigenvalue weighted by molar-refractivity contribution is 5.81. The Labute approximate surface area is 93.4 Å². The van der Waals surface area contributed by atoms with Gasteiger partial charge < -0.3 is 4.74 Å². The predicted octanol–water partition coefficient (Wildman–Crippen LogP) is 3.34. The first-order valence-electron chi connectivity index (χ1n) is 6.45. The number of ether oxygens (including phenoxy) is 1. The van der Waals surface area contributed by atoms with Crippen molar-refractivity contribution in [2.45, 2.75) is 58.3 Å². The summed E-state index contributed by atoms with van der Waals surface area (Å²) in [5.41, 5.74) is 0. The fourth-order valence-corrected chi connectivity index (χ4v) is 2.15. The van der Waals surface area contributed by atoms with Crippen molar-refractivity contribution in [2.75, 3.05) is 13.2 Å². The van der Waals surface area contributed by atoms with Gasteiger partial charge in [0, 0.05) is 18.9 Å². The van der Waals surface area contributed by atoms with Gasteiger partial charge in [0.05, 0.1) is 6.61 Å². The normalized spacial score (nSPS) is 17.9. The zero-order valence-electron chi connectivity index (χ0n) is 9.96. The first kappa shape index (κ1) is 12.7. The lowest BCUT2D eigenvalue weighted by Gasteiger charge is -2.20. The maximum atomic E-state index is 11.8. The molecule has 0 N–H and O–H groups in total. The van der Waals surface area contributed by atoms with Crippen LogP contribution in [0.1, 0.15) is 58.3 Å². The molecule has 0 aromatic carbocycles. The second kappa shape index (κ2) is 7.86. The minimum Gasteiger partial charge on any atom is -0.381 e. The topological polar surface area (TPSA) is 26.3 Å². The molecule has 0 spiro atoms. The molecule has 1 saturated carbocycles. The van der Waals surface area contributed by atoms with Crippen molar-refractivity contribution in [3.8, 4) is 0 Å². The maximum Gasteiger partial charge on any atom is 0.138 e. The van der Waals surface area contributed by atoms with Crippen molar-refractivity contribution in [2.24, 2.45) is 5.92 Å². The van der Waals surface area contributed by atoms with Crippen molar-refractivity contribution in [1.82, 2.24) is 0 Å². The van der Waals surface area contributed by atoms with Crippen LogP contribution in [0.4, 0.5) is 0 Å². The van der Waals surface area contributed by atoms with Gasteiger partial charge in [0.2, 0.25) is 0 Å². The van der Waals surface area contributed by atoms with Crippen LogP contribution in [0.2, 0.25) is 0 Å². The van der Waals surface area contributed by atoms with Crippen molar-refractivity contribution in [1.29, 1.82) is 0 Å². The van der Waals surface area contributed by atoms with Gasteiger partial charge in [-0.15, -0.1) is 0 Å². The van der Waals surface area contributed by atoms with E-state index in [0.29, 0.717) is 24.7 Å². The molecule has 0 heterocycles. The molecule has 0 unspecified atom stereocenters. The van der Waals surface area contributed by atoms with E-state index in [1.807, 2.05) is 0 Å². The van der Waals surface area contributed by atoms with Crippen molar-refractivity contribution >= 4 is 5.78 Å². The molecule has 2 nitrogen and oxygen atoms in total. The van der Waals surface area contributed by atoms with E-state index in [1.165, 1.54) is 19.3 Å². The second-order valence-electron chi connectivity index (χ2n) is 4.52. The van der Waals surface area contributed by atoms with E-state index in [2.05, 4.69) is 6.92 Å². The summed E-state index contributed by atoms with van der Waals surface area (Å²) in [4.78, 5) is 11.8. The first-order chi connectivity index (χ1) is 7.34. The zero-order valence-corrected chi connectivity index (χ0v) is 9.96. The van der Waals surface area contributed by atoms with Crippen LogP contribution < -0.4 is 0 Å². The largest absolute Gasteiger partial charge is 0.381 e. The number of ketones is 1. The summed E-state index contributed by atoms with van der Waals surface area (Å²) < 4.78 is 5.41. The Morgan fingerprint density at radius 3 is 2.60 bits per heavy atom. The summed E-state index contributed by atoms with van der Waals surface area (Å²) in [5, 5.41) is 0. The molecular formula is C13H24O2. The van der Waals surface area contributed by atoms with Gasteiger partial charge in [0.15, 0.2) is 0 Å². The third-order valence-corrected chi connectivity index (χ3v) is 3.20. The van der Waals surface area contributed by atoms with E-state index in [4.69, 9.17) is 4.74 Å². The Morgan fingerprint density at radius 1 is 1.20 bits per heavy atom. The van der Waals surface area contributed by atoms with Crippen molar-refractivity contribution < 1.29 is 9.53 Å². The first-order valence-corrected chi connectivity index (χ1v) is 6.45. The number of hydrogen-bond donors (Lipinski definition) is 0. The van der Waals surface area contributed by atoms with E-state index >= 15 is 0 Å². The second-order valence-corrected chi connectivity index (χ2v) is 4.52. The average molecular weight is 212 g/mol. The Hall–Kier alpha value is -0.370. The lowest BCUT2D eigenvalue weighted by Crippen LogP contribution is -2.19. The highest BCUT2D eigenvalue weighted by Gasteiger charge is 2.20. The summed E-state index contributed by atoms with van der Waals surface area (Å²) in [5.74, 6) is 0.791. The molecule has 0 aromatic heterocycles. The van der Waals surface area contributed by atoms with E-state index in [1.54, 1.807) is 0 Å². The fraction of sp³-hybridized carbons (Fsp3) is 0.923. The van der Waals surface area contributed by atoms with Crippen LogP contribution in [0.3, 0.4) is 0 Å². The third-order valence-electron chi connectivity index (χ3n) is 3.20. The predicted molar refractivity (Wildman–Crippen MR) is 61.9 cm³/mol. The van der Waals surface area contributed by atoms with Gasteiger partial charge in [0.1, 0.15) is 5.78 Å². The molecule has 1 fully saturated rings. The van der Waals surface area contributed by atoms with Gasteiger partial charge in [-0.3, -0.25) is 4.79 Å². The molecule has 1 aliphatic carbocycles. The number of carbonyl (C=O) groups is 1. The summed E-state index contributed by atoms with van der Waals surface area (Å²) in [7, 11) is 0. The van der Waals surface area contributed by atoms with Crippen molar-refractivity contribution in [3.63, 3.8) is 0 Å². The Balaban J connectivity index is 2.02. The smallest absolute Gasteiger partial charge is 0.138 e. The molecule has 0 atom stereocenters. The van der Waals surface area contributed by atoms with Crippen LogP contribution in [0.15, 0.2) is 0 Å². The van der Waals surface area contributed by atoms with Gasteiger partial charge >= 0.3 is 0 Å². The molecule has 0 radical (unpaired) electrons. The van der Waals surface area contributed by atoms with Crippen molar-refractivity contribution in [3.05, 3.63) is 0 Å². The number of Topliss-reactive ketones (excluding diaryl/α,β-unsaturated/α-hetero) is 1. The minimum atomic E-state index is 0.355. The van der Waals surface area contributed by atoms with Gasteiger partial charge in [-0.2, -0.15) is 0 Å². The molecule has 88 valence electrons. The molecule has 0 bridgehead atoms. The summed E-state index contributed by atoms with van der Waals surface area (Å²) in [6, 6.07) is 0. The van der Waals surface area contributed by atoms with E-state index in [-0.39, 0.29) is 0 Å². The average Bonchev–Trinajstić information content (AvgIpc) is 2.30. The van der Waals surface area contributed by atoms with Gasteiger partial charge in [-0.25, -0.2) is 0 Å². The zero-order chi connectivity index (χ0) is 10.9. The molecule has 0 saturated heterocycles. The van der Waals surface area contributed by atoms with Crippen LogP contribution in [-0.4, -0.2) is 19.0 Å². The number of carbonyl (C=O) groups excluding carboxylic acids is 1. The highest BCUT2D eigenvalue weighted by Crippen LogP contribution is 2.25. The van der Waals surface area contributed by atoms with Gasteiger partial charge in [-0.1, -0.05) is 32.6 Å². The van der Waals surface area contributed by atoms with Gasteiger partial charge in [-0.05, 0) is 19.3 Å². The number of hydrogen-bond acceptors (Lipinski definition) is 2. The molecule has 1 aliphatic rings. The van der Waals surface area contributed by atoms with Crippen LogP contribution in [0.25, 0.3) is 0 Å². The number of rotatable bonds is 7. The highest BCUT2D eigenvalue weighted by atomic mass is 16.5. The molecule has 15 heavy (non-hydrogen) atoms. The summed E-state index contributed by atoms with van der Waals surface area (Å²) in [6.07, 6.45) is 8.95. The molecule has 0 aromatic rings.